The average molecular weight is 346 g/mol. The Bertz CT molecular complexity index is 712. The molecule has 0 unspecified atom stereocenters. The summed E-state index contributed by atoms with van der Waals surface area (Å²) in [4.78, 5) is 21.5. The van der Waals surface area contributed by atoms with Gasteiger partial charge in [0.2, 0.25) is 0 Å². The number of hydrogen-bond acceptors (Lipinski definition) is 4. The smallest absolute Gasteiger partial charge is 0.255 e. The third kappa shape index (κ3) is 4.69. The third-order valence-electron chi connectivity index (χ3n) is 4.32. The van der Waals surface area contributed by atoms with Gasteiger partial charge in [-0.3, -0.25) is 4.79 Å². The fourth-order valence-corrected chi connectivity index (χ4v) is 3.81. The maximum Gasteiger partial charge on any atom is 0.255 e. The van der Waals surface area contributed by atoms with Crippen molar-refractivity contribution in [1.82, 2.24) is 9.97 Å². The van der Waals surface area contributed by atoms with E-state index in [4.69, 9.17) is 4.74 Å². The van der Waals surface area contributed by atoms with E-state index in [1.165, 1.54) is 0 Å². The summed E-state index contributed by atoms with van der Waals surface area (Å²) in [5.74, 6) is 0.954. The van der Waals surface area contributed by atoms with E-state index in [0.29, 0.717) is 6.42 Å². The zero-order valence-electron chi connectivity index (χ0n) is 14.0. The fourth-order valence-electron chi connectivity index (χ4n) is 2.86. The minimum atomic E-state index is -0.0208. The highest BCUT2D eigenvalue weighted by atomic mass is 32.2. The van der Waals surface area contributed by atoms with Crippen molar-refractivity contribution in [2.75, 3.05) is 38.6 Å². The molecular formula is C18H24N3O2S+. The standard InChI is InChI=1S/C18H23N3O2S/c1-14-16(13-15-5-3-2-4-6-15)17(22)20-18(19-14)24-12-9-21-7-10-23-11-8-21/h2-6H,7-13H2,1H3,(H,19,20,22)/p+1. The van der Waals surface area contributed by atoms with Gasteiger partial charge in [0.25, 0.3) is 5.56 Å². The molecule has 2 heterocycles. The first-order chi connectivity index (χ1) is 11.7. The maximum absolute atomic E-state index is 12.4. The van der Waals surface area contributed by atoms with Gasteiger partial charge >= 0.3 is 0 Å². The van der Waals surface area contributed by atoms with Crippen molar-refractivity contribution >= 4 is 11.8 Å². The second-order valence-corrected chi connectivity index (χ2v) is 7.14. The molecule has 1 aromatic carbocycles. The molecule has 0 aliphatic carbocycles. The van der Waals surface area contributed by atoms with E-state index >= 15 is 0 Å². The van der Waals surface area contributed by atoms with Gasteiger partial charge in [-0.1, -0.05) is 42.1 Å². The van der Waals surface area contributed by atoms with Crippen LogP contribution in [0.1, 0.15) is 16.8 Å². The van der Waals surface area contributed by atoms with Crippen LogP contribution in [0, 0.1) is 6.92 Å². The number of nitrogens with one attached hydrogen (secondary N) is 2. The topological polar surface area (TPSA) is 59.4 Å². The van der Waals surface area contributed by atoms with Crippen molar-refractivity contribution < 1.29 is 9.64 Å². The van der Waals surface area contributed by atoms with Crippen LogP contribution >= 0.6 is 11.8 Å². The number of rotatable bonds is 6. The molecule has 1 fully saturated rings. The van der Waals surface area contributed by atoms with Crippen LogP contribution < -0.4 is 10.5 Å². The molecule has 24 heavy (non-hydrogen) atoms. The van der Waals surface area contributed by atoms with E-state index in [9.17, 15) is 4.79 Å². The monoisotopic (exact) mass is 346 g/mol. The quantitative estimate of drug-likeness (QED) is 0.596. The largest absolute Gasteiger partial charge is 0.370 e. The number of thioether (sulfide) groups is 1. The lowest BCUT2D eigenvalue weighted by molar-refractivity contribution is -0.905. The molecule has 2 N–H and O–H groups in total. The first-order valence-corrected chi connectivity index (χ1v) is 9.39. The highest BCUT2D eigenvalue weighted by Crippen LogP contribution is 2.13. The fraction of sp³-hybridized carbons (Fsp3) is 0.444. The minimum Gasteiger partial charge on any atom is -0.370 e. The number of nitrogens with zero attached hydrogens (tertiary/aromatic N) is 1. The molecule has 0 atom stereocenters. The van der Waals surface area contributed by atoms with Gasteiger partial charge in [0.05, 0.1) is 25.5 Å². The van der Waals surface area contributed by atoms with Crippen LogP contribution in [0.15, 0.2) is 40.3 Å². The molecule has 5 nitrogen and oxygen atoms in total. The maximum atomic E-state index is 12.4. The van der Waals surface area contributed by atoms with Crippen molar-refractivity contribution in [3.8, 4) is 0 Å². The molecule has 0 bridgehead atoms. The Morgan fingerprint density at radius 2 is 2.00 bits per heavy atom. The molecule has 0 saturated carbocycles. The summed E-state index contributed by atoms with van der Waals surface area (Å²) in [5, 5.41) is 0.724. The Labute approximate surface area is 146 Å². The van der Waals surface area contributed by atoms with Gasteiger partial charge in [-0.15, -0.1) is 0 Å². The second-order valence-electron chi connectivity index (χ2n) is 6.06. The molecule has 1 aromatic heterocycles. The van der Waals surface area contributed by atoms with Crippen LogP contribution in [0.5, 0.6) is 0 Å². The molecular weight excluding hydrogens is 322 g/mol. The summed E-state index contributed by atoms with van der Waals surface area (Å²) in [6.45, 7) is 6.83. The second kappa shape index (κ2) is 8.46. The lowest BCUT2D eigenvalue weighted by Crippen LogP contribution is -3.14. The molecule has 1 aliphatic heterocycles. The van der Waals surface area contributed by atoms with Crippen LogP contribution in [0.4, 0.5) is 0 Å². The van der Waals surface area contributed by atoms with Crippen LogP contribution in [-0.2, 0) is 11.2 Å². The lowest BCUT2D eigenvalue weighted by Gasteiger charge is -2.23. The predicted molar refractivity (Wildman–Crippen MR) is 95.9 cm³/mol. The Kier molecular flexibility index (Phi) is 6.07. The van der Waals surface area contributed by atoms with Gasteiger partial charge < -0.3 is 14.6 Å². The van der Waals surface area contributed by atoms with E-state index in [2.05, 4.69) is 9.97 Å². The zero-order valence-corrected chi connectivity index (χ0v) is 14.8. The van der Waals surface area contributed by atoms with E-state index in [0.717, 1.165) is 60.6 Å². The number of aryl methyl sites for hydroxylation is 1. The van der Waals surface area contributed by atoms with Crippen molar-refractivity contribution in [2.45, 2.75) is 18.5 Å². The SMILES string of the molecule is Cc1nc(SCC[NH+]2CCOCC2)[nH]c(=O)c1Cc1ccccc1. The first-order valence-electron chi connectivity index (χ1n) is 8.40. The summed E-state index contributed by atoms with van der Waals surface area (Å²) in [7, 11) is 0. The minimum absolute atomic E-state index is 0.0208. The Morgan fingerprint density at radius 3 is 2.71 bits per heavy atom. The van der Waals surface area contributed by atoms with E-state index < -0.39 is 0 Å². The van der Waals surface area contributed by atoms with E-state index in [1.54, 1.807) is 16.7 Å². The van der Waals surface area contributed by atoms with Crippen molar-refractivity contribution in [3.05, 3.63) is 57.5 Å². The first kappa shape index (κ1) is 17.2. The van der Waals surface area contributed by atoms with Crippen molar-refractivity contribution in [1.29, 1.82) is 0 Å². The lowest BCUT2D eigenvalue weighted by atomic mass is 10.1. The van der Waals surface area contributed by atoms with Crippen LogP contribution in [0.3, 0.4) is 0 Å². The molecule has 1 saturated heterocycles. The van der Waals surface area contributed by atoms with Gasteiger partial charge in [0.1, 0.15) is 13.1 Å². The predicted octanol–water partition coefficient (Wildman–Crippen LogP) is 0.676. The number of hydrogen-bond donors (Lipinski definition) is 2. The van der Waals surface area contributed by atoms with Crippen molar-refractivity contribution in [3.63, 3.8) is 0 Å². The highest BCUT2D eigenvalue weighted by molar-refractivity contribution is 7.99. The Morgan fingerprint density at radius 1 is 1.25 bits per heavy atom. The number of benzene rings is 1. The number of ether oxygens (including phenoxy) is 1. The van der Waals surface area contributed by atoms with Gasteiger partial charge in [0.15, 0.2) is 5.16 Å². The van der Waals surface area contributed by atoms with Crippen LogP contribution in [0.25, 0.3) is 0 Å². The summed E-state index contributed by atoms with van der Waals surface area (Å²) >= 11 is 1.63. The highest BCUT2D eigenvalue weighted by Gasteiger charge is 2.14. The normalized spacial score (nSPS) is 15.5. The van der Waals surface area contributed by atoms with Crippen LogP contribution in [-0.4, -0.2) is 48.6 Å². The number of H-pyrrole nitrogens is 1. The molecule has 0 amide bonds. The van der Waals surface area contributed by atoms with Crippen LogP contribution in [0.2, 0.25) is 0 Å². The third-order valence-corrected chi connectivity index (χ3v) is 5.19. The number of quaternary nitrogens is 1. The van der Waals surface area contributed by atoms with Gasteiger partial charge in [-0.05, 0) is 12.5 Å². The number of aromatic nitrogens is 2. The van der Waals surface area contributed by atoms with Gasteiger partial charge in [-0.25, -0.2) is 4.98 Å². The molecule has 2 aromatic rings. The summed E-state index contributed by atoms with van der Waals surface area (Å²) in [6.07, 6.45) is 0.623. The van der Waals surface area contributed by atoms with E-state index in [1.807, 2.05) is 37.3 Å². The van der Waals surface area contributed by atoms with Crippen molar-refractivity contribution in [2.24, 2.45) is 0 Å². The zero-order chi connectivity index (χ0) is 16.8. The molecule has 6 heteroatoms. The summed E-state index contributed by atoms with van der Waals surface area (Å²) in [6, 6.07) is 10.0. The summed E-state index contributed by atoms with van der Waals surface area (Å²) < 4.78 is 5.37. The Balaban J connectivity index is 1.60. The average Bonchev–Trinajstić information content (AvgIpc) is 2.60. The molecule has 1 aliphatic rings. The summed E-state index contributed by atoms with van der Waals surface area (Å²) in [5.41, 5.74) is 2.69. The molecule has 0 spiro atoms. The van der Waals surface area contributed by atoms with Gasteiger partial charge in [0, 0.05) is 17.7 Å². The number of morpholine rings is 1. The molecule has 128 valence electrons. The molecule has 0 radical (unpaired) electrons. The molecule has 3 rings (SSSR count). The number of aromatic amines is 1. The Hall–Kier alpha value is -1.63. The van der Waals surface area contributed by atoms with Gasteiger partial charge in [-0.2, -0.15) is 0 Å². The van der Waals surface area contributed by atoms with E-state index in [-0.39, 0.29) is 5.56 Å².